The van der Waals surface area contributed by atoms with Gasteiger partial charge in [-0.3, -0.25) is 4.79 Å². The van der Waals surface area contributed by atoms with Gasteiger partial charge in [0.2, 0.25) is 0 Å². The van der Waals surface area contributed by atoms with E-state index in [0.717, 1.165) is 57.0 Å². The molecular weight excluding hydrogens is 528 g/mol. The molecule has 9 nitrogen and oxygen atoms in total. The molecule has 1 N–H and O–H groups in total. The van der Waals surface area contributed by atoms with Crippen molar-refractivity contribution in [2.75, 3.05) is 21.2 Å². The molecule has 1 atom stereocenters. The third kappa shape index (κ3) is 4.69. The molecule has 40 heavy (non-hydrogen) atoms. The van der Waals surface area contributed by atoms with Crippen LogP contribution in [0.25, 0.3) is 22.2 Å². The number of ether oxygens (including phenoxy) is 1. The van der Waals surface area contributed by atoms with Crippen LogP contribution >= 0.6 is 0 Å². The van der Waals surface area contributed by atoms with Gasteiger partial charge >= 0.3 is 10.2 Å². The summed E-state index contributed by atoms with van der Waals surface area (Å²) in [6.45, 7) is 0.608. The van der Waals surface area contributed by atoms with Gasteiger partial charge in [0.05, 0.1) is 24.9 Å². The highest BCUT2D eigenvalue weighted by molar-refractivity contribution is 7.87. The summed E-state index contributed by atoms with van der Waals surface area (Å²) < 4.78 is 41.6. The van der Waals surface area contributed by atoms with E-state index in [4.69, 9.17) is 9.15 Å². The van der Waals surface area contributed by atoms with Gasteiger partial charge in [0.15, 0.2) is 5.89 Å². The lowest BCUT2D eigenvalue weighted by atomic mass is 9.81. The van der Waals surface area contributed by atoms with Crippen LogP contribution in [0.2, 0.25) is 0 Å². The lowest BCUT2D eigenvalue weighted by Gasteiger charge is -2.24. The van der Waals surface area contributed by atoms with Crippen molar-refractivity contribution in [1.29, 1.82) is 0 Å². The average Bonchev–Trinajstić information content (AvgIpc) is 3.56. The van der Waals surface area contributed by atoms with E-state index < -0.39 is 16.1 Å². The summed E-state index contributed by atoms with van der Waals surface area (Å²) in [6.07, 6.45) is 9.85. The first-order valence-electron chi connectivity index (χ1n) is 13.7. The van der Waals surface area contributed by atoms with E-state index in [1.807, 2.05) is 18.2 Å². The van der Waals surface area contributed by atoms with Gasteiger partial charge in [-0.25, -0.2) is 9.71 Å². The largest absolute Gasteiger partial charge is 0.497 e. The monoisotopic (exact) mass is 562 g/mol. The fourth-order valence-corrected chi connectivity index (χ4v) is 6.85. The number of benzene rings is 2. The maximum atomic E-state index is 13.1. The Morgan fingerprint density at radius 2 is 1.90 bits per heavy atom. The molecule has 3 heterocycles. The zero-order chi connectivity index (χ0) is 28.0. The number of oxazole rings is 1. The average molecular weight is 563 g/mol. The minimum absolute atomic E-state index is 0.0384. The Morgan fingerprint density at radius 3 is 2.60 bits per heavy atom. The summed E-state index contributed by atoms with van der Waals surface area (Å²) >= 11 is 0. The number of methoxy groups -OCH3 is 1. The van der Waals surface area contributed by atoms with Crippen LogP contribution in [0.4, 0.5) is 0 Å². The third-order valence-electron chi connectivity index (χ3n) is 8.32. The highest BCUT2D eigenvalue weighted by atomic mass is 32.2. The Bertz CT molecular complexity index is 1670. The molecule has 1 aliphatic heterocycles. The fraction of sp³-hybridized carbons (Fsp3) is 0.400. The lowest BCUT2D eigenvalue weighted by Crippen LogP contribution is -2.39. The van der Waals surface area contributed by atoms with Crippen molar-refractivity contribution < 1.29 is 22.4 Å². The predicted molar refractivity (Wildman–Crippen MR) is 153 cm³/mol. The normalized spacial score (nSPS) is 17.9. The van der Waals surface area contributed by atoms with Crippen LogP contribution in [0.3, 0.4) is 0 Å². The minimum Gasteiger partial charge on any atom is -0.497 e. The zero-order valence-corrected chi connectivity index (χ0v) is 23.8. The fourth-order valence-electron chi connectivity index (χ4n) is 6.32. The Kier molecular flexibility index (Phi) is 6.92. The Hall–Kier alpha value is -3.63. The van der Waals surface area contributed by atoms with Crippen LogP contribution in [0, 0.1) is 0 Å². The number of nitrogens with zero attached hydrogens (tertiary/aromatic N) is 3. The van der Waals surface area contributed by atoms with Gasteiger partial charge in [-0.2, -0.15) is 12.7 Å². The number of nitrogens with one attached hydrogen (secondary N) is 1. The van der Waals surface area contributed by atoms with Crippen LogP contribution in [-0.2, 0) is 23.2 Å². The van der Waals surface area contributed by atoms with Crippen molar-refractivity contribution in [1.82, 2.24) is 18.6 Å². The van der Waals surface area contributed by atoms with Gasteiger partial charge in [0.25, 0.3) is 5.91 Å². The van der Waals surface area contributed by atoms with E-state index >= 15 is 0 Å². The van der Waals surface area contributed by atoms with Gasteiger partial charge in [-0.05, 0) is 66.6 Å². The van der Waals surface area contributed by atoms with Crippen LogP contribution in [0.5, 0.6) is 5.75 Å². The molecule has 0 radical (unpaired) electrons. The molecule has 210 valence electrons. The second-order valence-electron chi connectivity index (χ2n) is 11.0. The summed E-state index contributed by atoms with van der Waals surface area (Å²) in [7, 11) is 0.526. The van der Waals surface area contributed by atoms with Crippen molar-refractivity contribution in [3.05, 3.63) is 71.4 Å². The van der Waals surface area contributed by atoms with Crippen molar-refractivity contribution in [3.8, 4) is 17.0 Å². The van der Waals surface area contributed by atoms with E-state index in [0.29, 0.717) is 23.9 Å². The maximum Gasteiger partial charge on any atom is 0.303 e. The lowest BCUT2D eigenvalue weighted by molar-refractivity contribution is 0.0980. The topological polar surface area (TPSA) is 107 Å². The highest BCUT2D eigenvalue weighted by Gasteiger charge is 2.33. The highest BCUT2D eigenvalue weighted by Crippen LogP contribution is 2.48. The van der Waals surface area contributed by atoms with E-state index in [1.165, 1.54) is 38.9 Å². The third-order valence-corrected chi connectivity index (χ3v) is 9.72. The smallest absolute Gasteiger partial charge is 0.303 e. The second kappa shape index (κ2) is 10.4. The number of carbonyl (C=O) groups excluding carboxylic acids is 1. The van der Waals surface area contributed by atoms with Crippen LogP contribution in [0.1, 0.15) is 71.3 Å². The predicted octanol–water partition coefficient (Wildman–Crippen LogP) is 5.23. The molecule has 1 amide bonds. The number of carbonyl (C=O) groups is 1. The first-order valence-corrected chi connectivity index (χ1v) is 15.2. The molecule has 6 rings (SSSR count). The molecular formula is C30H34N4O5S. The van der Waals surface area contributed by atoms with Crippen LogP contribution in [-0.4, -0.2) is 49.4 Å². The van der Waals surface area contributed by atoms with E-state index in [2.05, 4.69) is 26.4 Å². The van der Waals surface area contributed by atoms with Crippen molar-refractivity contribution >= 4 is 27.0 Å². The summed E-state index contributed by atoms with van der Waals surface area (Å²) in [5, 5.41) is 1.10. The molecule has 1 unspecified atom stereocenters. The number of fused-ring (bicyclic) bond motifs is 5. The molecule has 0 spiro atoms. The van der Waals surface area contributed by atoms with Gasteiger partial charge < -0.3 is 13.7 Å². The first-order chi connectivity index (χ1) is 19.3. The number of hydrogen-bond acceptors (Lipinski definition) is 6. The summed E-state index contributed by atoms with van der Waals surface area (Å²) in [5.74, 6) is 1.16. The first kappa shape index (κ1) is 26.6. The molecule has 1 saturated carbocycles. The zero-order valence-electron chi connectivity index (χ0n) is 23.0. The van der Waals surface area contributed by atoms with Gasteiger partial charge in [0, 0.05) is 42.7 Å². The van der Waals surface area contributed by atoms with Gasteiger partial charge in [-0.1, -0.05) is 25.3 Å². The molecule has 2 aromatic heterocycles. The maximum absolute atomic E-state index is 13.1. The number of hydrogen-bond donors (Lipinski definition) is 1. The number of amides is 1. The van der Waals surface area contributed by atoms with Crippen LogP contribution < -0.4 is 9.46 Å². The van der Waals surface area contributed by atoms with E-state index in [-0.39, 0.29) is 5.92 Å². The molecule has 2 aliphatic rings. The standard InChI is InChI=1S/C30H34N4O5S/c1-33(2)40(36,37)32-29(35)20-9-11-25-26(17-20)34-18-22(30-31-13-14-39-30)15-21-16-23(38-3)10-12-24(21)28(34)27(25)19-7-5-4-6-8-19/h9-14,16-17,19,22H,4-8,15,18H2,1-3H3,(H,32,35). The number of aromatic nitrogens is 2. The van der Waals surface area contributed by atoms with Crippen molar-refractivity contribution in [2.45, 2.75) is 56.9 Å². The minimum atomic E-state index is -3.92. The quantitative estimate of drug-likeness (QED) is 0.345. The SMILES string of the molecule is COc1ccc2c(c1)CC(c1ncco1)Cn1c-2c(C2CCCCC2)c2ccc(C(=O)NS(=O)(=O)N(C)C)cc21. The van der Waals surface area contributed by atoms with Crippen LogP contribution in [0.15, 0.2) is 53.3 Å². The van der Waals surface area contributed by atoms with E-state index in [9.17, 15) is 13.2 Å². The Morgan fingerprint density at radius 1 is 1.10 bits per heavy atom. The second-order valence-corrected chi connectivity index (χ2v) is 12.8. The molecule has 1 fully saturated rings. The van der Waals surface area contributed by atoms with Crippen molar-refractivity contribution in [3.63, 3.8) is 0 Å². The molecule has 4 aromatic rings. The Labute approximate surface area is 234 Å². The number of rotatable bonds is 6. The molecule has 10 heteroatoms. The summed E-state index contributed by atoms with van der Waals surface area (Å²) in [4.78, 5) is 17.6. The molecule has 0 bridgehead atoms. The summed E-state index contributed by atoms with van der Waals surface area (Å²) in [6, 6.07) is 11.8. The van der Waals surface area contributed by atoms with Gasteiger partial charge in [-0.15, -0.1) is 0 Å². The molecule has 2 aromatic carbocycles. The van der Waals surface area contributed by atoms with E-state index in [1.54, 1.807) is 25.6 Å². The van der Waals surface area contributed by atoms with Gasteiger partial charge in [0.1, 0.15) is 12.0 Å². The Balaban J connectivity index is 1.59. The summed E-state index contributed by atoms with van der Waals surface area (Å²) in [5.41, 5.74) is 5.98. The van der Waals surface area contributed by atoms with Crippen molar-refractivity contribution in [2.24, 2.45) is 0 Å². The molecule has 0 saturated heterocycles. The molecule has 1 aliphatic carbocycles.